The second-order valence-electron chi connectivity index (χ2n) is 4.17. The fourth-order valence-corrected chi connectivity index (χ4v) is 1.59. The fraction of sp³-hybridized carbons (Fsp3) is 0.727. The first-order chi connectivity index (χ1) is 7.13. The number of hydrogen-bond donors (Lipinski definition) is 1. The summed E-state index contributed by atoms with van der Waals surface area (Å²) in [7, 11) is 4.03. The predicted octanol–water partition coefficient (Wildman–Crippen LogP) is 1.15. The Morgan fingerprint density at radius 3 is 2.87 bits per heavy atom. The molecule has 1 rings (SSSR count). The molecule has 15 heavy (non-hydrogen) atoms. The number of unbranched alkanes of at least 4 members (excludes halogenated alkanes) is 1. The minimum atomic E-state index is 0.0700. The van der Waals surface area contributed by atoms with E-state index in [2.05, 4.69) is 24.0 Å². The van der Waals surface area contributed by atoms with Crippen molar-refractivity contribution in [3.05, 3.63) is 18.0 Å². The van der Waals surface area contributed by atoms with E-state index >= 15 is 0 Å². The third kappa shape index (κ3) is 4.01. The standard InChI is InChI=1S/C11H22N4/c1-4-5-6-14(2)9-11(12)10-7-13-15(3)8-10/h7-8,11H,4-6,9,12H2,1-3H3. The Hall–Kier alpha value is -0.870. The van der Waals surface area contributed by atoms with Gasteiger partial charge in [-0.15, -0.1) is 0 Å². The van der Waals surface area contributed by atoms with Crippen LogP contribution in [-0.2, 0) is 7.05 Å². The zero-order valence-electron chi connectivity index (χ0n) is 9.98. The third-order valence-corrected chi connectivity index (χ3v) is 2.55. The Bertz CT molecular complexity index is 282. The molecule has 0 aliphatic heterocycles. The minimum absolute atomic E-state index is 0.0700. The Morgan fingerprint density at radius 2 is 2.33 bits per heavy atom. The van der Waals surface area contributed by atoms with Crippen molar-refractivity contribution >= 4 is 0 Å². The second-order valence-corrected chi connectivity index (χ2v) is 4.17. The molecule has 1 heterocycles. The highest BCUT2D eigenvalue weighted by Gasteiger charge is 2.10. The van der Waals surface area contributed by atoms with Gasteiger partial charge in [-0.25, -0.2) is 0 Å². The van der Waals surface area contributed by atoms with Gasteiger partial charge in [-0.3, -0.25) is 4.68 Å². The molecule has 0 saturated heterocycles. The first-order valence-corrected chi connectivity index (χ1v) is 5.56. The molecule has 1 aromatic heterocycles. The molecule has 4 heteroatoms. The van der Waals surface area contributed by atoms with E-state index in [4.69, 9.17) is 5.73 Å². The Morgan fingerprint density at radius 1 is 1.60 bits per heavy atom. The topological polar surface area (TPSA) is 47.1 Å². The highest BCUT2D eigenvalue weighted by atomic mass is 15.2. The van der Waals surface area contributed by atoms with E-state index in [1.807, 2.05) is 19.4 Å². The Balaban J connectivity index is 2.38. The van der Waals surface area contributed by atoms with Crippen LogP contribution in [-0.4, -0.2) is 34.8 Å². The lowest BCUT2D eigenvalue weighted by Gasteiger charge is -2.20. The number of aryl methyl sites for hydroxylation is 1. The summed E-state index contributed by atoms with van der Waals surface area (Å²) in [6.07, 6.45) is 6.29. The molecule has 0 radical (unpaired) electrons. The summed E-state index contributed by atoms with van der Waals surface area (Å²) in [6, 6.07) is 0.0700. The fourth-order valence-electron chi connectivity index (χ4n) is 1.59. The molecule has 0 bridgehead atoms. The van der Waals surface area contributed by atoms with Crippen LogP contribution in [0.1, 0.15) is 31.4 Å². The van der Waals surface area contributed by atoms with Crippen molar-refractivity contribution in [3.63, 3.8) is 0 Å². The van der Waals surface area contributed by atoms with Crippen LogP contribution < -0.4 is 5.73 Å². The van der Waals surface area contributed by atoms with Gasteiger partial charge in [-0.2, -0.15) is 5.10 Å². The van der Waals surface area contributed by atoms with Crippen molar-refractivity contribution in [1.82, 2.24) is 14.7 Å². The van der Waals surface area contributed by atoms with Crippen LogP contribution in [0.3, 0.4) is 0 Å². The Labute approximate surface area is 92.1 Å². The monoisotopic (exact) mass is 210 g/mol. The molecule has 86 valence electrons. The molecule has 0 fully saturated rings. The van der Waals surface area contributed by atoms with Gasteiger partial charge in [0.2, 0.25) is 0 Å². The second kappa shape index (κ2) is 5.88. The quantitative estimate of drug-likeness (QED) is 0.766. The summed E-state index contributed by atoms with van der Waals surface area (Å²) in [5.74, 6) is 0. The van der Waals surface area contributed by atoms with Crippen molar-refractivity contribution in [2.45, 2.75) is 25.8 Å². The zero-order chi connectivity index (χ0) is 11.3. The van der Waals surface area contributed by atoms with Crippen LogP contribution in [0.5, 0.6) is 0 Å². The molecule has 2 N–H and O–H groups in total. The molecule has 1 aromatic rings. The molecule has 1 atom stereocenters. The van der Waals surface area contributed by atoms with Crippen LogP contribution in [0.25, 0.3) is 0 Å². The minimum Gasteiger partial charge on any atom is -0.323 e. The van der Waals surface area contributed by atoms with Crippen molar-refractivity contribution in [2.24, 2.45) is 12.8 Å². The number of likely N-dealkylation sites (N-methyl/N-ethyl adjacent to an activating group) is 1. The Kier molecular flexibility index (Phi) is 4.78. The lowest BCUT2D eigenvalue weighted by molar-refractivity contribution is 0.307. The van der Waals surface area contributed by atoms with Gasteiger partial charge in [0.1, 0.15) is 0 Å². The van der Waals surface area contributed by atoms with Crippen molar-refractivity contribution in [3.8, 4) is 0 Å². The summed E-state index contributed by atoms with van der Waals surface area (Å²) in [5, 5.41) is 4.13. The SMILES string of the molecule is CCCCN(C)CC(N)c1cnn(C)c1. The van der Waals surface area contributed by atoms with Crippen molar-refractivity contribution in [2.75, 3.05) is 20.1 Å². The van der Waals surface area contributed by atoms with Gasteiger partial charge < -0.3 is 10.6 Å². The van der Waals surface area contributed by atoms with Crippen LogP contribution in [0, 0.1) is 0 Å². The van der Waals surface area contributed by atoms with Crippen LogP contribution in [0.4, 0.5) is 0 Å². The van der Waals surface area contributed by atoms with Gasteiger partial charge in [0.15, 0.2) is 0 Å². The van der Waals surface area contributed by atoms with Crippen LogP contribution >= 0.6 is 0 Å². The number of nitrogens with two attached hydrogens (primary N) is 1. The molecule has 0 aliphatic rings. The summed E-state index contributed by atoms with van der Waals surface area (Å²) in [4.78, 5) is 2.28. The van der Waals surface area contributed by atoms with E-state index in [0.717, 1.165) is 18.7 Å². The normalized spacial score (nSPS) is 13.4. The molecular formula is C11H22N4. The zero-order valence-corrected chi connectivity index (χ0v) is 9.98. The smallest absolute Gasteiger partial charge is 0.0537 e. The highest BCUT2D eigenvalue weighted by Crippen LogP contribution is 2.09. The summed E-state index contributed by atoms with van der Waals surface area (Å²) in [5.41, 5.74) is 7.20. The van der Waals surface area contributed by atoms with E-state index in [1.165, 1.54) is 12.8 Å². The number of hydrogen-bond acceptors (Lipinski definition) is 3. The third-order valence-electron chi connectivity index (χ3n) is 2.55. The maximum Gasteiger partial charge on any atom is 0.0537 e. The number of aromatic nitrogens is 2. The van der Waals surface area contributed by atoms with Crippen LogP contribution in [0.15, 0.2) is 12.4 Å². The number of nitrogens with zero attached hydrogens (tertiary/aromatic N) is 3. The van der Waals surface area contributed by atoms with E-state index < -0.39 is 0 Å². The van der Waals surface area contributed by atoms with Crippen molar-refractivity contribution < 1.29 is 0 Å². The average molecular weight is 210 g/mol. The molecule has 0 aliphatic carbocycles. The molecule has 0 aromatic carbocycles. The van der Waals surface area contributed by atoms with E-state index in [-0.39, 0.29) is 6.04 Å². The van der Waals surface area contributed by atoms with Gasteiger partial charge in [0.05, 0.1) is 6.20 Å². The van der Waals surface area contributed by atoms with E-state index in [1.54, 1.807) is 4.68 Å². The van der Waals surface area contributed by atoms with Gasteiger partial charge in [-0.1, -0.05) is 13.3 Å². The van der Waals surface area contributed by atoms with Gasteiger partial charge in [0.25, 0.3) is 0 Å². The first-order valence-electron chi connectivity index (χ1n) is 5.56. The summed E-state index contributed by atoms with van der Waals surface area (Å²) < 4.78 is 1.79. The average Bonchev–Trinajstić information content (AvgIpc) is 2.61. The summed E-state index contributed by atoms with van der Waals surface area (Å²) in [6.45, 7) is 4.21. The molecular weight excluding hydrogens is 188 g/mol. The van der Waals surface area contributed by atoms with E-state index in [9.17, 15) is 0 Å². The largest absolute Gasteiger partial charge is 0.323 e. The van der Waals surface area contributed by atoms with Gasteiger partial charge >= 0.3 is 0 Å². The maximum atomic E-state index is 6.09. The number of rotatable bonds is 6. The molecule has 0 saturated carbocycles. The van der Waals surface area contributed by atoms with Gasteiger partial charge in [0, 0.05) is 31.4 Å². The first kappa shape index (κ1) is 12.2. The molecule has 1 unspecified atom stereocenters. The van der Waals surface area contributed by atoms with Crippen LogP contribution in [0.2, 0.25) is 0 Å². The predicted molar refractivity (Wildman–Crippen MR) is 62.5 cm³/mol. The summed E-state index contributed by atoms with van der Waals surface area (Å²) >= 11 is 0. The lowest BCUT2D eigenvalue weighted by Crippen LogP contribution is -2.29. The lowest BCUT2D eigenvalue weighted by atomic mass is 10.1. The van der Waals surface area contributed by atoms with E-state index in [0.29, 0.717) is 0 Å². The van der Waals surface area contributed by atoms with Crippen molar-refractivity contribution in [1.29, 1.82) is 0 Å². The highest BCUT2D eigenvalue weighted by molar-refractivity contribution is 5.09. The molecule has 4 nitrogen and oxygen atoms in total. The maximum absolute atomic E-state index is 6.09. The molecule has 0 spiro atoms. The van der Waals surface area contributed by atoms with Gasteiger partial charge in [-0.05, 0) is 20.0 Å². The molecule has 0 amide bonds.